The van der Waals surface area contributed by atoms with Crippen molar-refractivity contribution < 1.29 is 28.2 Å². The zero-order chi connectivity index (χ0) is 13.9. The van der Waals surface area contributed by atoms with E-state index >= 15 is 0 Å². The van der Waals surface area contributed by atoms with Gasteiger partial charge in [0.15, 0.2) is 0 Å². The van der Waals surface area contributed by atoms with E-state index in [-0.39, 0.29) is 5.56 Å². The number of aliphatic hydroxyl groups excluding tert-OH is 2. The quantitative estimate of drug-likeness (QED) is 0.732. The molecule has 4 N–H and O–H groups in total. The third-order valence-electron chi connectivity index (χ3n) is 2.19. The molecule has 0 bridgehead atoms. The Bertz CT molecular complexity index is 437. The Morgan fingerprint density at radius 2 is 2.06 bits per heavy atom. The van der Waals surface area contributed by atoms with Gasteiger partial charge in [0.2, 0.25) is 5.91 Å². The maximum Gasteiger partial charge on any atom is 0.433 e. The lowest BCUT2D eigenvalue weighted by molar-refractivity contribution is -0.141. The van der Waals surface area contributed by atoms with Gasteiger partial charge in [-0.2, -0.15) is 13.2 Å². The molecule has 0 aliphatic heterocycles. The Hall–Kier alpha value is -1.67. The van der Waals surface area contributed by atoms with Crippen LogP contribution in [0, 0.1) is 0 Å². The maximum absolute atomic E-state index is 12.4. The summed E-state index contributed by atoms with van der Waals surface area (Å²) < 4.78 is 37.1. The molecule has 0 radical (unpaired) electrons. The van der Waals surface area contributed by atoms with Crippen molar-refractivity contribution in [2.24, 2.45) is 5.73 Å². The predicted octanol–water partition coefficient (Wildman–Crippen LogP) is 0.370. The summed E-state index contributed by atoms with van der Waals surface area (Å²) in [6.07, 6.45) is -7.54. The van der Waals surface area contributed by atoms with Crippen molar-refractivity contribution in [3.63, 3.8) is 0 Å². The van der Waals surface area contributed by atoms with E-state index in [0.29, 0.717) is 6.07 Å². The summed E-state index contributed by atoms with van der Waals surface area (Å²) in [6.45, 7) is 0. The van der Waals surface area contributed by atoms with E-state index in [1.807, 2.05) is 0 Å². The van der Waals surface area contributed by atoms with Crippen LogP contribution in [0.2, 0.25) is 0 Å². The van der Waals surface area contributed by atoms with Crippen molar-refractivity contribution >= 4 is 5.91 Å². The third kappa shape index (κ3) is 3.67. The van der Waals surface area contributed by atoms with Gasteiger partial charge >= 0.3 is 6.18 Å². The lowest BCUT2D eigenvalue weighted by Gasteiger charge is -2.17. The molecule has 0 saturated heterocycles. The van der Waals surface area contributed by atoms with Gasteiger partial charge in [-0.25, -0.2) is 0 Å². The number of carbonyl (C=O) groups is 1. The molecular formula is C10H11F3N2O3. The molecule has 0 aliphatic carbocycles. The highest BCUT2D eigenvalue weighted by Gasteiger charge is 2.33. The largest absolute Gasteiger partial charge is 0.433 e. The molecule has 0 aliphatic rings. The predicted molar refractivity (Wildman–Crippen MR) is 54.0 cm³/mol. The lowest BCUT2D eigenvalue weighted by atomic mass is 10.0. The number of primary amides is 1. The van der Waals surface area contributed by atoms with Crippen molar-refractivity contribution in [2.45, 2.75) is 24.8 Å². The van der Waals surface area contributed by atoms with Crippen molar-refractivity contribution in [1.82, 2.24) is 4.98 Å². The average molecular weight is 264 g/mol. The van der Waals surface area contributed by atoms with Gasteiger partial charge < -0.3 is 15.9 Å². The van der Waals surface area contributed by atoms with Crippen molar-refractivity contribution in [3.05, 3.63) is 29.6 Å². The van der Waals surface area contributed by atoms with Crippen LogP contribution in [0.25, 0.3) is 0 Å². The smallest absolute Gasteiger partial charge is 0.390 e. The minimum atomic E-state index is -4.65. The number of rotatable bonds is 4. The van der Waals surface area contributed by atoms with Crippen LogP contribution in [-0.4, -0.2) is 27.2 Å². The molecule has 0 aromatic carbocycles. The van der Waals surface area contributed by atoms with Gasteiger partial charge in [0, 0.05) is 6.20 Å². The zero-order valence-corrected chi connectivity index (χ0v) is 9.05. The first-order valence-corrected chi connectivity index (χ1v) is 4.89. The van der Waals surface area contributed by atoms with Gasteiger partial charge in [-0.3, -0.25) is 9.78 Å². The summed E-state index contributed by atoms with van der Waals surface area (Å²) in [7, 11) is 0. The first kappa shape index (κ1) is 14.4. The third-order valence-corrected chi connectivity index (χ3v) is 2.19. The highest BCUT2D eigenvalue weighted by Crippen LogP contribution is 2.29. The summed E-state index contributed by atoms with van der Waals surface area (Å²) in [5.41, 5.74) is 3.43. The fourth-order valence-corrected chi connectivity index (χ4v) is 1.33. The van der Waals surface area contributed by atoms with Crippen LogP contribution >= 0.6 is 0 Å². The fraction of sp³-hybridized carbons (Fsp3) is 0.400. The van der Waals surface area contributed by atoms with Crippen LogP contribution in [0.4, 0.5) is 13.2 Å². The highest BCUT2D eigenvalue weighted by atomic mass is 19.4. The molecule has 0 spiro atoms. The van der Waals surface area contributed by atoms with Crippen LogP contribution < -0.4 is 5.73 Å². The van der Waals surface area contributed by atoms with Crippen molar-refractivity contribution in [3.8, 4) is 0 Å². The number of nitrogens with two attached hydrogens (primary N) is 1. The topological polar surface area (TPSA) is 96.4 Å². The van der Waals surface area contributed by atoms with E-state index in [2.05, 4.69) is 4.98 Å². The second kappa shape index (κ2) is 5.32. The number of carbonyl (C=O) groups excluding carboxylic acids is 1. The van der Waals surface area contributed by atoms with Gasteiger partial charge in [-0.15, -0.1) is 0 Å². The Morgan fingerprint density at radius 1 is 1.44 bits per heavy atom. The summed E-state index contributed by atoms with van der Waals surface area (Å²) in [6, 6.07) is 1.72. The van der Waals surface area contributed by atoms with E-state index < -0.39 is 36.4 Å². The highest BCUT2D eigenvalue weighted by molar-refractivity contribution is 5.74. The number of nitrogens with zero attached hydrogens (tertiary/aromatic N) is 1. The van der Waals surface area contributed by atoms with Gasteiger partial charge in [-0.05, 0) is 17.7 Å². The summed E-state index contributed by atoms with van der Waals surface area (Å²) in [4.78, 5) is 13.6. The summed E-state index contributed by atoms with van der Waals surface area (Å²) in [5, 5.41) is 19.0. The number of pyridine rings is 1. The Balaban J connectivity index is 2.93. The molecule has 5 nitrogen and oxygen atoms in total. The molecule has 1 heterocycles. The zero-order valence-electron chi connectivity index (χ0n) is 9.05. The number of amides is 1. The fourth-order valence-electron chi connectivity index (χ4n) is 1.33. The Morgan fingerprint density at radius 3 is 2.56 bits per heavy atom. The van der Waals surface area contributed by atoms with Crippen LogP contribution in [0.3, 0.4) is 0 Å². The van der Waals surface area contributed by atoms with Gasteiger partial charge in [-0.1, -0.05) is 0 Å². The first-order valence-electron chi connectivity index (χ1n) is 4.89. The molecule has 0 saturated carbocycles. The second-order valence-electron chi connectivity index (χ2n) is 3.65. The van der Waals surface area contributed by atoms with Gasteiger partial charge in [0.05, 0.1) is 12.5 Å². The maximum atomic E-state index is 12.4. The lowest BCUT2D eigenvalue weighted by Crippen LogP contribution is -2.26. The van der Waals surface area contributed by atoms with Crippen molar-refractivity contribution in [1.29, 1.82) is 0 Å². The molecule has 100 valence electrons. The molecule has 2 unspecified atom stereocenters. The van der Waals surface area contributed by atoms with E-state index in [0.717, 1.165) is 12.3 Å². The number of alkyl halides is 3. The number of halogens is 3. The second-order valence-corrected chi connectivity index (χ2v) is 3.65. The Labute approximate surface area is 100 Å². The van der Waals surface area contributed by atoms with Gasteiger partial charge in [0.25, 0.3) is 0 Å². The summed E-state index contributed by atoms with van der Waals surface area (Å²) >= 11 is 0. The van der Waals surface area contributed by atoms with Crippen molar-refractivity contribution in [2.75, 3.05) is 0 Å². The average Bonchev–Trinajstić information content (AvgIpc) is 2.26. The van der Waals surface area contributed by atoms with Crippen LogP contribution in [0.1, 0.15) is 23.8 Å². The normalized spacial score (nSPS) is 15.2. The standard InChI is InChI=1S/C10H11F3N2O3/c11-10(12,13)7-3-5(1-2-15-7)9(18)6(16)4-8(14)17/h1-3,6,9,16,18H,4H2,(H2,14,17). The molecule has 1 aromatic heterocycles. The number of hydrogen-bond acceptors (Lipinski definition) is 4. The monoisotopic (exact) mass is 264 g/mol. The number of hydrogen-bond donors (Lipinski definition) is 3. The van der Waals surface area contributed by atoms with Crippen LogP contribution in [0.5, 0.6) is 0 Å². The molecule has 1 aromatic rings. The molecule has 1 amide bonds. The first-order chi connectivity index (χ1) is 8.21. The van der Waals surface area contributed by atoms with E-state index in [9.17, 15) is 28.2 Å². The minimum Gasteiger partial charge on any atom is -0.390 e. The molecule has 0 fully saturated rings. The number of aromatic nitrogens is 1. The molecule has 1 rings (SSSR count). The van der Waals surface area contributed by atoms with E-state index in [4.69, 9.17) is 5.73 Å². The SMILES string of the molecule is NC(=O)CC(O)C(O)c1ccnc(C(F)(F)F)c1. The molecule has 2 atom stereocenters. The number of aliphatic hydroxyl groups is 2. The van der Waals surface area contributed by atoms with E-state index in [1.54, 1.807) is 0 Å². The summed E-state index contributed by atoms with van der Waals surface area (Å²) in [5.74, 6) is -0.869. The minimum absolute atomic E-state index is 0.189. The molecular weight excluding hydrogens is 253 g/mol. The van der Waals surface area contributed by atoms with Crippen LogP contribution in [0.15, 0.2) is 18.3 Å². The van der Waals surface area contributed by atoms with Gasteiger partial charge in [0.1, 0.15) is 11.8 Å². The Kier molecular flexibility index (Phi) is 4.25. The van der Waals surface area contributed by atoms with E-state index in [1.165, 1.54) is 0 Å². The molecule has 8 heteroatoms. The molecule has 18 heavy (non-hydrogen) atoms. The van der Waals surface area contributed by atoms with Crippen LogP contribution in [-0.2, 0) is 11.0 Å².